The molecule has 0 heterocycles. The van der Waals surface area contributed by atoms with Crippen molar-refractivity contribution in [2.45, 2.75) is 45.9 Å². The molecule has 0 aliphatic heterocycles. The van der Waals surface area contributed by atoms with Crippen molar-refractivity contribution in [1.29, 1.82) is 0 Å². The number of ether oxygens (including phenoxy) is 2. The molecular formula is C16H23F2NO3. The third-order valence-electron chi connectivity index (χ3n) is 2.72. The zero-order valence-electron chi connectivity index (χ0n) is 13.4. The summed E-state index contributed by atoms with van der Waals surface area (Å²) in [5.74, 6) is -0.102. The molecule has 22 heavy (non-hydrogen) atoms. The van der Waals surface area contributed by atoms with Gasteiger partial charge in [-0.1, -0.05) is 12.1 Å². The maximum Gasteiger partial charge on any atom is 0.387 e. The van der Waals surface area contributed by atoms with Crippen molar-refractivity contribution in [2.24, 2.45) is 0 Å². The van der Waals surface area contributed by atoms with Gasteiger partial charge in [-0.2, -0.15) is 8.78 Å². The molecule has 4 nitrogen and oxygen atoms in total. The molecular weight excluding hydrogens is 292 g/mol. The lowest BCUT2D eigenvalue weighted by Gasteiger charge is -2.21. The van der Waals surface area contributed by atoms with Crippen LogP contribution >= 0.6 is 0 Å². The second kappa shape index (κ2) is 8.08. The molecule has 1 aromatic rings. The molecule has 0 bridgehead atoms. The Kier molecular flexibility index (Phi) is 6.74. The Morgan fingerprint density at radius 1 is 1.23 bits per heavy atom. The van der Waals surface area contributed by atoms with Gasteiger partial charge >= 0.3 is 12.6 Å². The molecule has 0 saturated heterocycles. The van der Waals surface area contributed by atoms with Crippen LogP contribution in [0.4, 0.5) is 8.78 Å². The smallest absolute Gasteiger partial charge is 0.387 e. The fourth-order valence-corrected chi connectivity index (χ4v) is 1.84. The highest BCUT2D eigenvalue weighted by Crippen LogP contribution is 2.16. The van der Waals surface area contributed by atoms with E-state index in [-0.39, 0.29) is 11.7 Å². The third kappa shape index (κ3) is 7.93. The Hall–Kier alpha value is -1.69. The summed E-state index contributed by atoms with van der Waals surface area (Å²) >= 11 is 0. The highest BCUT2D eigenvalue weighted by molar-refractivity contribution is 5.70. The van der Waals surface area contributed by atoms with E-state index in [9.17, 15) is 13.6 Å². The first-order valence-electron chi connectivity index (χ1n) is 7.10. The Balaban J connectivity index is 2.38. The van der Waals surface area contributed by atoms with Gasteiger partial charge in [-0.3, -0.25) is 4.79 Å². The van der Waals surface area contributed by atoms with E-state index in [0.717, 1.165) is 5.56 Å². The normalized spacial score (nSPS) is 11.8. The zero-order valence-corrected chi connectivity index (χ0v) is 13.4. The van der Waals surface area contributed by atoms with Gasteiger partial charge in [0.25, 0.3) is 0 Å². The van der Waals surface area contributed by atoms with Crippen molar-refractivity contribution in [3.05, 3.63) is 29.8 Å². The van der Waals surface area contributed by atoms with E-state index >= 15 is 0 Å². The van der Waals surface area contributed by atoms with E-state index in [1.54, 1.807) is 12.1 Å². The van der Waals surface area contributed by atoms with Crippen molar-refractivity contribution in [1.82, 2.24) is 4.90 Å². The van der Waals surface area contributed by atoms with Gasteiger partial charge in [-0.15, -0.1) is 0 Å². The molecule has 0 fully saturated rings. The zero-order chi connectivity index (χ0) is 16.8. The Labute approximate surface area is 130 Å². The van der Waals surface area contributed by atoms with Crippen LogP contribution < -0.4 is 4.74 Å². The summed E-state index contributed by atoms with van der Waals surface area (Å²) < 4.78 is 33.6. The number of alkyl halides is 2. The summed E-state index contributed by atoms with van der Waals surface area (Å²) in [5.41, 5.74) is 0.476. The SMILES string of the molecule is CN(CCC(=O)OC(C)(C)C)Cc1ccc(OC(F)F)cc1. The Morgan fingerprint density at radius 3 is 2.32 bits per heavy atom. The predicted octanol–water partition coefficient (Wildman–Crippen LogP) is 3.45. The summed E-state index contributed by atoms with van der Waals surface area (Å²) in [6, 6.07) is 6.45. The fourth-order valence-electron chi connectivity index (χ4n) is 1.84. The molecule has 0 unspecified atom stereocenters. The molecule has 0 aliphatic rings. The Bertz CT molecular complexity index is 469. The standard InChI is InChI=1S/C16H23F2NO3/c1-16(2,3)22-14(20)9-10-19(4)11-12-5-7-13(8-6-12)21-15(17)18/h5-8,15H,9-11H2,1-4H3. The summed E-state index contributed by atoms with van der Waals surface area (Å²) in [6.07, 6.45) is 0.306. The van der Waals surface area contributed by atoms with Crippen LogP contribution in [0.3, 0.4) is 0 Å². The van der Waals surface area contributed by atoms with Crippen LogP contribution in [0.2, 0.25) is 0 Å². The van der Waals surface area contributed by atoms with E-state index in [1.165, 1.54) is 12.1 Å². The topological polar surface area (TPSA) is 38.8 Å². The number of esters is 1. The van der Waals surface area contributed by atoms with Crippen molar-refractivity contribution in [2.75, 3.05) is 13.6 Å². The van der Waals surface area contributed by atoms with Gasteiger partial charge in [0.1, 0.15) is 11.4 Å². The largest absolute Gasteiger partial charge is 0.460 e. The van der Waals surface area contributed by atoms with Crippen LogP contribution in [0, 0.1) is 0 Å². The average molecular weight is 315 g/mol. The van der Waals surface area contributed by atoms with Gasteiger partial charge in [-0.05, 0) is 45.5 Å². The van der Waals surface area contributed by atoms with Gasteiger partial charge in [0, 0.05) is 13.1 Å². The van der Waals surface area contributed by atoms with Crippen LogP contribution in [-0.2, 0) is 16.1 Å². The summed E-state index contributed by atoms with van der Waals surface area (Å²) in [6.45, 7) is 3.84. The van der Waals surface area contributed by atoms with Crippen LogP contribution in [0.25, 0.3) is 0 Å². The minimum Gasteiger partial charge on any atom is -0.460 e. The van der Waals surface area contributed by atoms with Crippen molar-refractivity contribution in [3.63, 3.8) is 0 Å². The summed E-state index contributed by atoms with van der Waals surface area (Å²) in [7, 11) is 1.88. The third-order valence-corrected chi connectivity index (χ3v) is 2.72. The van der Waals surface area contributed by atoms with Gasteiger partial charge < -0.3 is 14.4 Å². The number of hydrogen-bond acceptors (Lipinski definition) is 4. The van der Waals surface area contributed by atoms with Crippen molar-refractivity contribution >= 4 is 5.97 Å². The van der Waals surface area contributed by atoms with Gasteiger partial charge in [-0.25, -0.2) is 0 Å². The van der Waals surface area contributed by atoms with E-state index in [0.29, 0.717) is 19.5 Å². The molecule has 1 rings (SSSR count). The maximum absolute atomic E-state index is 12.1. The van der Waals surface area contributed by atoms with Gasteiger partial charge in [0.05, 0.1) is 6.42 Å². The molecule has 0 spiro atoms. The number of halogens is 2. The van der Waals surface area contributed by atoms with Crippen LogP contribution in [0.15, 0.2) is 24.3 Å². The summed E-state index contributed by atoms with van der Waals surface area (Å²) in [5, 5.41) is 0. The first kappa shape index (κ1) is 18.4. The van der Waals surface area contributed by atoms with E-state index < -0.39 is 12.2 Å². The van der Waals surface area contributed by atoms with Gasteiger partial charge in [0.15, 0.2) is 0 Å². The lowest BCUT2D eigenvalue weighted by atomic mass is 10.2. The number of nitrogens with zero attached hydrogens (tertiary/aromatic N) is 1. The molecule has 0 amide bonds. The molecule has 0 atom stereocenters. The minimum absolute atomic E-state index is 0.134. The molecule has 0 radical (unpaired) electrons. The molecule has 0 aromatic heterocycles. The van der Waals surface area contributed by atoms with Gasteiger partial charge in [0.2, 0.25) is 0 Å². The number of hydrogen-bond donors (Lipinski definition) is 0. The molecule has 0 N–H and O–H groups in total. The number of carbonyl (C=O) groups excluding carboxylic acids is 1. The molecule has 0 saturated carbocycles. The maximum atomic E-state index is 12.1. The second-order valence-electron chi connectivity index (χ2n) is 6.10. The Morgan fingerprint density at radius 2 is 1.82 bits per heavy atom. The van der Waals surface area contributed by atoms with Crippen molar-refractivity contribution < 1.29 is 23.0 Å². The highest BCUT2D eigenvalue weighted by Gasteiger charge is 2.16. The van der Waals surface area contributed by atoms with E-state index in [1.807, 2.05) is 32.7 Å². The first-order valence-corrected chi connectivity index (χ1v) is 7.10. The molecule has 1 aromatic carbocycles. The molecule has 124 valence electrons. The minimum atomic E-state index is -2.82. The lowest BCUT2D eigenvalue weighted by Crippen LogP contribution is -2.27. The molecule has 0 aliphatic carbocycles. The van der Waals surface area contributed by atoms with E-state index in [4.69, 9.17) is 4.74 Å². The number of carbonyl (C=O) groups is 1. The highest BCUT2D eigenvalue weighted by atomic mass is 19.3. The fraction of sp³-hybridized carbons (Fsp3) is 0.562. The predicted molar refractivity (Wildman–Crippen MR) is 79.9 cm³/mol. The van der Waals surface area contributed by atoms with Crippen LogP contribution in [0.1, 0.15) is 32.8 Å². The number of benzene rings is 1. The average Bonchev–Trinajstić information content (AvgIpc) is 2.36. The van der Waals surface area contributed by atoms with Crippen LogP contribution in [0.5, 0.6) is 5.75 Å². The molecule has 6 heteroatoms. The van der Waals surface area contributed by atoms with Crippen molar-refractivity contribution in [3.8, 4) is 5.75 Å². The quantitative estimate of drug-likeness (QED) is 0.722. The first-order chi connectivity index (χ1) is 10.2. The summed E-state index contributed by atoms with van der Waals surface area (Å²) in [4.78, 5) is 13.6. The second-order valence-corrected chi connectivity index (χ2v) is 6.10. The monoisotopic (exact) mass is 315 g/mol. The number of rotatable bonds is 7. The van der Waals surface area contributed by atoms with Crippen LogP contribution in [-0.4, -0.2) is 36.7 Å². The van der Waals surface area contributed by atoms with E-state index in [2.05, 4.69) is 4.74 Å². The lowest BCUT2D eigenvalue weighted by molar-refractivity contribution is -0.155.